The largest absolute Gasteiger partial charge is 0.341 e. The molecule has 155 valence electrons. The maximum absolute atomic E-state index is 13.2. The molecule has 2 amide bonds. The summed E-state index contributed by atoms with van der Waals surface area (Å²) in [4.78, 5) is 32.2. The van der Waals surface area contributed by atoms with Crippen molar-refractivity contribution in [3.05, 3.63) is 43.5 Å². The molecule has 0 aliphatic carbocycles. The lowest BCUT2D eigenvalue weighted by Gasteiger charge is -2.28. The van der Waals surface area contributed by atoms with Crippen LogP contribution >= 0.6 is 0 Å². The fourth-order valence-electron chi connectivity index (χ4n) is 2.90. The van der Waals surface area contributed by atoms with Crippen molar-refractivity contribution in [3.63, 3.8) is 0 Å². The smallest absolute Gasteiger partial charge is 0.328 e. The zero-order chi connectivity index (χ0) is 21.2. The van der Waals surface area contributed by atoms with Crippen LogP contribution in [0.4, 0.5) is 27.9 Å². The zero-order valence-corrected chi connectivity index (χ0v) is 17.9. The van der Waals surface area contributed by atoms with Crippen molar-refractivity contribution in [2.45, 2.75) is 33.6 Å². The Kier molecular flexibility index (Phi) is 8.58. The first kappa shape index (κ1) is 22.3. The summed E-state index contributed by atoms with van der Waals surface area (Å²) in [6, 6.07) is 9.39. The van der Waals surface area contributed by atoms with Crippen LogP contribution in [0.3, 0.4) is 0 Å². The third-order valence-electron chi connectivity index (χ3n) is 4.60. The lowest BCUT2D eigenvalue weighted by atomic mass is 10.3. The Morgan fingerprint density at radius 3 is 2.41 bits per heavy atom. The van der Waals surface area contributed by atoms with Crippen LogP contribution in [0.2, 0.25) is 0 Å². The zero-order valence-electron chi connectivity index (χ0n) is 17.9. The molecule has 7 nitrogen and oxygen atoms in total. The van der Waals surface area contributed by atoms with E-state index in [-0.39, 0.29) is 6.03 Å². The lowest BCUT2D eigenvalue weighted by Crippen LogP contribution is -2.41. The predicted octanol–water partition coefficient (Wildman–Crippen LogP) is 4.72. The van der Waals surface area contributed by atoms with Crippen LogP contribution in [0.5, 0.6) is 0 Å². The molecular weight excluding hydrogens is 364 g/mol. The number of unbranched alkanes of at least 4 members (excludes halogenated alkanes) is 1. The number of hydrogen-bond acceptors (Lipinski definition) is 5. The van der Waals surface area contributed by atoms with Gasteiger partial charge in [0.05, 0.1) is 6.20 Å². The van der Waals surface area contributed by atoms with E-state index < -0.39 is 0 Å². The number of urea groups is 1. The second-order valence-electron chi connectivity index (χ2n) is 6.43. The maximum atomic E-state index is 13.2. The molecule has 0 fully saturated rings. The van der Waals surface area contributed by atoms with Gasteiger partial charge in [-0.05, 0) is 45.7 Å². The number of aromatic nitrogens is 2. The molecule has 0 spiro atoms. The molecule has 7 heteroatoms. The number of nitrogens with zero attached hydrogens (tertiary/aromatic N) is 6. The second kappa shape index (κ2) is 11.1. The minimum Gasteiger partial charge on any atom is -0.341 e. The highest BCUT2D eigenvalue weighted by atomic mass is 16.2. The van der Waals surface area contributed by atoms with Crippen LogP contribution in [0.1, 0.15) is 33.6 Å². The van der Waals surface area contributed by atoms with Gasteiger partial charge in [0.2, 0.25) is 5.95 Å². The van der Waals surface area contributed by atoms with E-state index in [9.17, 15) is 4.79 Å². The van der Waals surface area contributed by atoms with E-state index in [2.05, 4.69) is 40.6 Å². The Bertz CT molecular complexity index is 804. The molecule has 0 bridgehead atoms. The number of para-hydroxylation sites is 1. The first-order valence-corrected chi connectivity index (χ1v) is 10.1. The Labute approximate surface area is 174 Å². The second-order valence-corrected chi connectivity index (χ2v) is 6.43. The number of aliphatic imine (C=N–C) groups is 1. The summed E-state index contributed by atoms with van der Waals surface area (Å²) in [6.07, 6.45) is 4.98. The number of carbonyl (C=O) groups is 1. The van der Waals surface area contributed by atoms with Crippen LogP contribution in [0.25, 0.3) is 0 Å². The van der Waals surface area contributed by atoms with Crippen LogP contribution < -0.4 is 14.7 Å². The van der Waals surface area contributed by atoms with Gasteiger partial charge < -0.3 is 4.90 Å². The fraction of sp³-hybridized carbons (Fsp3) is 0.409. The summed E-state index contributed by atoms with van der Waals surface area (Å²) in [5, 5.41) is 0. The number of amides is 2. The first-order chi connectivity index (χ1) is 14.1. The molecule has 29 heavy (non-hydrogen) atoms. The van der Waals surface area contributed by atoms with Gasteiger partial charge in [-0.15, -0.1) is 0 Å². The van der Waals surface area contributed by atoms with E-state index in [1.54, 1.807) is 29.3 Å². The minimum absolute atomic E-state index is 0.161. The van der Waals surface area contributed by atoms with Crippen molar-refractivity contribution in [1.29, 1.82) is 0 Å². The summed E-state index contributed by atoms with van der Waals surface area (Å²) in [7, 11) is 1.76. The quantitative estimate of drug-likeness (QED) is 0.576. The van der Waals surface area contributed by atoms with E-state index in [1.165, 1.54) is 0 Å². The molecule has 0 saturated carbocycles. The lowest BCUT2D eigenvalue weighted by molar-refractivity contribution is 0.253. The van der Waals surface area contributed by atoms with E-state index >= 15 is 0 Å². The average molecular weight is 396 g/mol. The summed E-state index contributed by atoms with van der Waals surface area (Å²) in [5.41, 5.74) is 1.41. The molecule has 0 N–H and O–H groups in total. The number of carbonyl (C=O) groups excluding carboxylic acids is 1. The van der Waals surface area contributed by atoms with Crippen LogP contribution in [0.15, 0.2) is 41.5 Å². The minimum atomic E-state index is -0.161. The van der Waals surface area contributed by atoms with Gasteiger partial charge in [-0.2, -0.15) is 4.98 Å². The normalized spacial score (nSPS) is 10.9. The van der Waals surface area contributed by atoms with E-state index in [0.717, 1.165) is 31.6 Å². The van der Waals surface area contributed by atoms with Gasteiger partial charge in [0.1, 0.15) is 5.69 Å². The van der Waals surface area contributed by atoms with Gasteiger partial charge in [0.25, 0.3) is 0 Å². The molecule has 0 aliphatic heterocycles. The van der Waals surface area contributed by atoms with Crippen molar-refractivity contribution < 1.29 is 4.79 Å². The topological polar surface area (TPSA) is 64.9 Å². The van der Waals surface area contributed by atoms with Crippen molar-refractivity contribution in [2.24, 2.45) is 4.99 Å². The molecule has 0 saturated heterocycles. The van der Waals surface area contributed by atoms with Gasteiger partial charge in [0.15, 0.2) is 5.82 Å². The van der Waals surface area contributed by atoms with Gasteiger partial charge >= 0.3 is 6.03 Å². The van der Waals surface area contributed by atoms with Crippen molar-refractivity contribution >= 4 is 35.4 Å². The van der Waals surface area contributed by atoms with Crippen molar-refractivity contribution in [3.8, 4) is 0 Å². The maximum Gasteiger partial charge on any atom is 0.328 e. The van der Waals surface area contributed by atoms with Crippen molar-refractivity contribution in [2.75, 3.05) is 41.4 Å². The molecule has 0 unspecified atom stereocenters. The molecule has 1 heterocycles. The number of rotatable bonds is 9. The summed E-state index contributed by atoms with van der Waals surface area (Å²) in [5.74, 6) is 1.10. The van der Waals surface area contributed by atoms with Gasteiger partial charge in [-0.3, -0.25) is 9.80 Å². The highest BCUT2D eigenvalue weighted by Gasteiger charge is 2.23. The van der Waals surface area contributed by atoms with Crippen molar-refractivity contribution in [1.82, 2.24) is 9.97 Å². The molecule has 0 atom stereocenters. The van der Waals surface area contributed by atoms with Gasteiger partial charge in [0, 0.05) is 38.6 Å². The standard InChI is InChI=1S/C22H31N6O/c1-6-10-16-23-20-19(17-24-21(25-20)27(7-2)8-3)28(9-4)22(29)26(5)18-14-12-11-13-15-18/h11-17H,1,6-10H2,2-5H3. The predicted molar refractivity (Wildman–Crippen MR) is 122 cm³/mol. The fourth-order valence-corrected chi connectivity index (χ4v) is 2.90. The molecule has 1 radical (unpaired) electrons. The molecule has 1 aromatic heterocycles. The monoisotopic (exact) mass is 395 g/mol. The van der Waals surface area contributed by atoms with Gasteiger partial charge in [-0.25, -0.2) is 14.8 Å². The van der Waals surface area contributed by atoms with Gasteiger partial charge in [-0.1, -0.05) is 25.1 Å². The van der Waals surface area contributed by atoms with Crippen LogP contribution in [-0.4, -0.2) is 48.9 Å². The highest BCUT2D eigenvalue weighted by molar-refractivity contribution is 6.04. The molecule has 1 aromatic carbocycles. The number of hydrogen-bond donors (Lipinski definition) is 0. The molecule has 0 aliphatic rings. The Morgan fingerprint density at radius 2 is 1.83 bits per heavy atom. The molecular formula is C22H31N6O. The van der Waals surface area contributed by atoms with E-state index in [4.69, 9.17) is 0 Å². The summed E-state index contributed by atoms with van der Waals surface area (Å²) >= 11 is 0. The SMILES string of the molecule is [CH2]CCC=Nc1nc(N(CC)CC)ncc1N(CC)C(=O)N(C)c1ccccc1. The number of anilines is 3. The summed E-state index contributed by atoms with van der Waals surface area (Å²) in [6.45, 7) is 12.0. The third-order valence-corrected chi connectivity index (χ3v) is 4.60. The van der Waals surface area contributed by atoms with E-state index in [1.807, 2.05) is 37.3 Å². The average Bonchev–Trinajstić information content (AvgIpc) is 2.76. The van der Waals surface area contributed by atoms with E-state index in [0.29, 0.717) is 24.0 Å². The Morgan fingerprint density at radius 1 is 1.14 bits per heavy atom. The summed E-state index contributed by atoms with van der Waals surface area (Å²) < 4.78 is 0. The van der Waals surface area contributed by atoms with Crippen LogP contribution in [0, 0.1) is 6.92 Å². The number of benzene rings is 1. The molecule has 2 aromatic rings. The Balaban J connectivity index is 2.43. The Hall–Kier alpha value is -2.96. The van der Waals surface area contributed by atoms with Crippen LogP contribution in [-0.2, 0) is 0 Å². The highest BCUT2D eigenvalue weighted by Crippen LogP contribution is 2.29. The third kappa shape index (κ3) is 5.53. The molecule has 2 rings (SSSR count). The first-order valence-electron chi connectivity index (χ1n) is 10.1.